The van der Waals surface area contributed by atoms with Crippen LogP contribution in [0.3, 0.4) is 0 Å². The Bertz CT molecular complexity index is 561. The third kappa shape index (κ3) is 2.54. The Morgan fingerprint density at radius 1 is 1.00 bits per heavy atom. The first-order valence-corrected chi connectivity index (χ1v) is 8.24. The largest absolute Gasteiger partial charge is 0.454 e. The van der Waals surface area contributed by atoms with E-state index in [1.165, 1.54) is 25.7 Å². The Hall–Kier alpha value is -1.75. The van der Waals surface area contributed by atoms with Crippen LogP contribution in [0.2, 0.25) is 0 Å². The van der Waals surface area contributed by atoms with Crippen LogP contribution in [-0.2, 0) is 0 Å². The number of amides is 1. The molecule has 3 aliphatic rings. The lowest BCUT2D eigenvalue weighted by Gasteiger charge is -2.38. The Morgan fingerprint density at radius 2 is 1.73 bits per heavy atom. The van der Waals surface area contributed by atoms with Crippen LogP contribution in [0.5, 0.6) is 11.5 Å². The maximum atomic E-state index is 12.6. The molecule has 1 aliphatic carbocycles. The van der Waals surface area contributed by atoms with Gasteiger partial charge in [0.1, 0.15) is 0 Å². The molecular weight excluding hydrogens is 280 g/mol. The topological polar surface area (TPSA) is 42.0 Å². The van der Waals surface area contributed by atoms with Crippen molar-refractivity contribution in [2.45, 2.75) is 31.7 Å². The average Bonchev–Trinajstić information content (AvgIpc) is 3.25. The smallest absolute Gasteiger partial charge is 0.254 e. The summed E-state index contributed by atoms with van der Waals surface area (Å²) >= 11 is 0. The van der Waals surface area contributed by atoms with E-state index in [1.54, 1.807) is 6.07 Å². The number of rotatable bonds is 2. The zero-order valence-electron chi connectivity index (χ0n) is 12.8. The third-order valence-corrected chi connectivity index (χ3v) is 5.06. The highest BCUT2D eigenvalue weighted by molar-refractivity contribution is 5.95. The summed E-state index contributed by atoms with van der Waals surface area (Å²) in [5.41, 5.74) is 0.693. The first-order valence-electron chi connectivity index (χ1n) is 8.24. The number of fused-ring (bicyclic) bond motifs is 1. The van der Waals surface area contributed by atoms with Crippen LogP contribution in [0.15, 0.2) is 18.2 Å². The minimum Gasteiger partial charge on any atom is -0.454 e. The van der Waals surface area contributed by atoms with E-state index in [0.29, 0.717) is 11.3 Å². The standard InChI is InChI=1S/C17H22N2O3/c20-17(13-5-6-15-16(11-13)22-12-21-15)19-9-7-18(8-10-19)14-3-1-2-4-14/h5-6,11,14H,1-4,7-10,12H2. The maximum absolute atomic E-state index is 12.6. The Morgan fingerprint density at radius 3 is 2.50 bits per heavy atom. The molecule has 22 heavy (non-hydrogen) atoms. The molecule has 1 saturated carbocycles. The van der Waals surface area contributed by atoms with Gasteiger partial charge >= 0.3 is 0 Å². The van der Waals surface area contributed by atoms with Crippen molar-refractivity contribution in [2.24, 2.45) is 0 Å². The van der Waals surface area contributed by atoms with Gasteiger partial charge in [0.05, 0.1) is 0 Å². The minimum absolute atomic E-state index is 0.101. The number of benzene rings is 1. The number of nitrogens with zero attached hydrogens (tertiary/aromatic N) is 2. The van der Waals surface area contributed by atoms with Crippen LogP contribution < -0.4 is 9.47 Å². The summed E-state index contributed by atoms with van der Waals surface area (Å²) in [5, 5.41) is 0. The molecule has 5 heteroatoms. The second-order valence-corrected chi connectivity index (χ2v) is 6.33. The minimum atomic E-state index is 0.101. The molecule has 1 aromatic rings. The molecule has 4 rings (SSSR count). The van der Waals surface area contributed by atoms with Gasteiger partial charge in [-0.1, -0.05) is 12.8 Å². The second kappa shape index (κ2) is 5.80. The van der Waals surface area contributed by atoms with Crippen molar-refractivity contribution in [2.75, 3.05) is 33.0 Å². The van der Waals surface area contributed by atoms with Crippen molar-refractivity contribution in [3.63, 3.8) is 0 Å². The van der Waals surface area contributed by atoms with E-state index < -0.39 is 0 Å². The van der Waals surface area contributed by atoms with Crippen LogP contribution >= 0.6 is 0 Å². The van der Waals surface area contributed by atoms with Gasteiger partial charge in [0, 0.05) is 37.8 Å². The van der Waals surface area contributed by atoms with Crippen molar-refractivity contribution in [3.05, 3.63) is 23.8 Å². The summed E-state index contributed by atoms with van der Waals surface area (Å²) in [6.45, 7) is 3.89. The highest BCUT2D eigenvalue weighted by Crippen LogP contribution is 2.33. The molecular formula is C17H22N2O3. The van der Waals surface area contributed by atoms with Gasteiger partial charge in [0.25, 0.3) is 5.91 Å². The first kappa shape index (κ1) is 13.9. The lowest BCUT2D eigenvalue weighted by Crippen LogP contribution is -2.51. The van der Waals surface area contributed by atoms with Gasteiger partial charge in [-0.3, -0.25) is 9.69 Å². The van der Waals surface area contributed by atoms with Gasteiger partial charge in [0.15, 0.2) is 11.5 Å². The average molecular weight is 302 g/mol. The van der Waals surface area contributed by atoms with Gasteiger partial charge in [0.2, 0.25) is 6.79 Å². The van der Waals surface area contributed by atoms with E-state index in [2.05, 4.69) is 4.90 Å². The molecule has 1 saturated heterocycles. The summed E-state index contributed by atoms with van der Waals surface area (Å²) in [4.78, 5) is 17.2. The number of hydrogen-bond acceptors (Lipinski definition) is 4. The molecule has 0 N–H and O–H groups in total. The number of hydrogen-bond donors (Lipinski definition) is 0. The summed E-state index contributed by atoms with van der Waals surface area (Å²) in [6, 6.07) is 6.21. The predicted molar refractivity (Wildman–Crippen MR) is 82.3 cm³/mol. The fraction of sp³-hybridized carbons (Fsp3) is 0.588. The van der Waals surface area contributed by atoms with Crippen LogP contribution in [0.1, 0.15) is 36.0 Å². The zero-order chi connectivity index (χ0) is 14.9. The molecule has 2 heterocycles. The molecule has 0 aromatic heterocycles. The van der Waals surface area contributed by atoms with Gasteiger partial charge in [-0.15, -0.1) is 0 Å². The lowest BCUT2D eigenvalue weighted by molar-refractivity contribution is 0.0573. The monoisotopic (exact) mass is 302 g/mol. The highest BCUT2D eigenvalue weighted by atomic mass is 16.7. The molecule has 0 spiro atoms. The van der Waals surface area contributed by atoms with Gasteiger partial charge in [-0.2, -0.15) is 0 Å². The van der Waals surface area contributed by atoms with Crippen molar-refractivity contribution < 1.29 is 14.3 Å². The van der Waals surface area contributed by atoms with E-state index in [4.69, 9.17) is 9.47 Å². The third-order valence-electron chi connectivity index (χ3n) is 5.06. The van der Waals surface area contributed by atoms with E-state index in [-0.39, 0.29) is 12.7 Å². The summed E-state index contributed by atoms with van der Waals surface area (Å²) < 4.78 is 10.7. The summed E-state index contributed by atoms with van der Waals surface area (Å²) in [7, 11) is 0. The Balaban J connectivity index is 1.39. The quantitative estimate of drug-likeness (QED) is 0.839. The van der Waals surface area contributed by atoms with Crippen molar-refractivity contribution in [1.29, 1.82) is 0 Å². The Kier molecular flexibility index (Phi) is 3.66. The molecule has 1 aromatic carbocycles. The van der Waals surface area contributed by atoms with Crippen LogP contribution in [0.4, 0.5) is 0 Å². The molecule has 5 nitrogen and oxygen atoms in total. The van der Waals surface area contributed by atoms with Crippen molar-refractivity contribution >= 4 is 5.91 Å². The summed E-state index contributed by atoms with van der Waals surface area (Å²) in [5.74, 6) is 1.50. The second-order valence-electron chi connectivity index (χ2n) is 6.33. The van der Waals surface area contributed by atoms with E-state index >= 15 is 0 Å². The predicted octanol–water partition coefficient (Wildman–Crippen LogP) is 2.12. The molecule has 0 bridgehead atoms. The maximum Gasteiger partial charge on any atom is 0.254 e. The van der Waals surface area contributed by atoms with E-state index in [0.717, 1.165) is 38.0 Å². The molecule has 1 amide bonds. The first-order chi connectivity index (χ1) is 10.8. The van der Waals surface area contributed by atoms with Crippen molar-refractivity contribution in [3.8, 4) is 11.5 Å². The fourth-order valence-corrected chi connectivity index (χ4v) is 3.77. The van der Waals surface area contributed by atoms with Crippen LogP contribution in [-0.4, -0.2) is 54.7 Å². The molecule has 118 valence electrons. The summed E-state index contributed by atoms with van der Waals surface area (Å²) in [6.07, 6.45) is 5.38. The molecule has 2 aliphatic heterocycles. The van der Waals surface area contributed by atoms with Gasteiger partial charge in [-0.25, -0.2) is 0 Å². The molecule has 2 fully saturated rings. The number of carbonyl (C=O) groups is 1. The molecule has 0 atom stereocenters. The Labute approximate surface area is 130 Å². The molecule has 0 radical (unpaired) electrons. The van der Waals surface area contributed by atoms with Crippen LogP contribution in [0, 0.1) is 0 Å². The number of ether oxygens (including phenoxy) is 2. The van der Waals surface area contributed by atoms with Crippen molar-refractivity contribution in [1.82, 2.24) is 9.80 Å². The number of carbonyl (C=O) groups excluding carboxylic acids is 1. The zero-order valence-corrected chi connectivity index (χ0v) is 12.8. The van der Waals surface area contributed by atoms with Crippen LogP contribution in [0.25, 0.3) is 0 Å². The van der Waals surface area contributed by atoms with E-state index in [1.807, 2.05) is 17.0 Å². The van der Waals surface area contributed by atoms with Gasteiger partial charge < -0.3 is 14.4 Å². The SMILES string of the molecule is O=C(c1ccc2c(c1)OCO2)N1CCN(C2CCCC2)CC1. The fourth-order valence-electron chi connectivity index (χ4n) is 3.77. The lowest BCUT2D eigenvalue weighted by atomic mass is 10.1. The highest BCUT2D eigenvalue weighted by Gasteiger charge is 2.28. The van der Waals surface area contributed by atoms with E-state index in [9.17, 15) is 4.79 Å². The molecule has 0 unspecified atom stereocenters. The normalized spacial score (nSPS) is 22.3. The number of piperazine rings is 1. The van der Waals surface area contributed by atoms with Gasteiger partial charge in [-0.05, 0) is 31.0 Å².